The third-order valence-electron chi connectivity index (χ3n) is 6.18. The zero-order valence-corrected chi connectivity index (χ0v) is 20.9. The van der Waals surface area contributed by atoms with Crippen LogP contribution in [0.3, 0.4) is 0 Å². The van der Waals surface area contributed by atoms with Crippen LogP contribution in [0.25, 0.3) is 11.5 Å². The highest BCUT2D eigenvalue weighted by molar-refractivity contribution is 5.96. The fourth-order valence-electron chi connectivity index (χ4n) is 4.12. The van der Waals surface area contributed by atoms with E-state index < -0.39 is 29.7 Å². The lowest BCUT2D eigenvalue weighted by Gasteiger charge is -2.29. The molecule has 1 atom stereocenters. The topological polar surface area (TPSA) is 135 Å². The minimum atomic E-state index is -4.66. The Bertz CT molecular complexity index is 1340. The number of hydrogen-bond acceptors (Lipinski definition) is 7. The van der Waals surface area contributed by atoms with Crippen LogP contribution in [0, 0.1) is 5.92 Å². The Kier molecular flexibility index (Phi) is 8.59. The Labute approximate surface area is 221 Å². The fourth-order valence-corrected chi connectivity index (χ4v) is 4.12. The second kappa shape index (κ2) is 12.1. The van der Waals surface area contributed by atoms with Crippen LogP contribution < -0.4 is 16.0 Å². The van der Waals surface area contributed by atoms with Crippen LogP contribution in [0.5, 0.6) is 0 Å². The van der Waals surface area contributed by atoms with Gasteiger partial charge in [0.15, 0.2) is 11.5 Å². The number of alkyl halides is 3. The van der Waals surface area contributed by atoms with E-state index >= 15 is 0 Å². The van der Waals surface area contributed by atoms with E-state index in [9.17, 15) is 27.6 Å². The molecule has 0 unspecified atom stereocenters. The van der Waals surface area contributed by atoms with Crippen molar-refractivity contribution in [3.8, 4) is 11.5 Å². The van der Waals surface area contributed by atoms with Gasteiger partial charge in [0.2, 0.25) is 5.91 Å². The molecule has 1 aliphatic rings. The standard InChI is InChI=1S/C26H26F3N5O5/c1-30-25(37)22(16-8-11-38-12-9-16)34-24(36)20-6-5-19(39-20)18-13-15(7-10-31-18)14-32-23(35)17-3-2-4-21(33-17)26(27,28)29/h2-7,10,13,16,22H,8-9,11-12,14H2,1H3,(H,30,37)(H,32,35)(H,34,36)/t22-/m0/s1. The van der Waals surface area contributed by atoms with Crippen molar-refractivity contribution in [2.75, 3.05) is 20.3 Å². The summed E-state index contributed by atoms with van der Waals surface area (Å²) < 4.78 is 49.7. The van der Waals surface area contributed by atoms with Gasteiger partial charge in [0.05, 0.1) is 0 Å². The minimum Gasteiger partial charge on any atom is -0.449 e. The quantitative estimate of drug-likeness (QED) is 0.396. The molecule has 39 heavy (non-hydrogen) atoms. The van der Waals surface area contributed by atoms with Crippen LogP contribution in [0.4, 0.5) is 13.2 Å². The number of aromatic nitrogens is 2. The maximum Gasteiger partial charge on any atom is 0.433 e. The molecule has 3 aromatic rings. The SMILES string of the molecule is CNC(=O)[C@@H](NC(=O)c1ccc(-c2cc(CNC(=O)c3cccc(C(F)(F)F)n3)ccn2)o1)C1CCOCC1. The summed E-state index contributed by atoms with van der Waals surface area (Å²) in [5, 5.41) is 7.85. The van der Waals surface area contributed by atoms with Crippen molar-refractivity contribution in [1.29, 1.82) is 0 Å². The number of furan rings is 1. The predicted octanol–water partition coefficient (Wildman–Crippen LogP) is 2.96. The maximum absolute atomic E-state index is 12.9. The van der Waals surface area contributed by atoms with Crippen LogP contribution in [0.2, 0.25) is 0 Å². The van der Waals surface area contributed by atoms with Crippen LogP contribution in [-0.2, 0) is 22.3 Å². The largest absolute Gasteiger partial charge is 0.449 e. The number of halogens is 3. The summed E-state index contributed by atoms with van der Waals surface area (Å²) in [4.78, 5) is 45.2. The predicted molar refractivity (Wildman–Crippen MR) is 131 cm³/mol. The van der Waals surface area contributed by atoms with Crippen molar-refractivity contribution in [2.45, 2.75) is 31.6 Å². The number of likely N-dealkylation sites (N-methyl/N-ethyl adjacent to an activating group) is 1. The highest BCUT2D eigenvalue weighted by atomic mass is 19.4. The molecule has 0 aliphatic carbocycles. The van der Waals surface area contributed by atoms with E-state index in [4.69, 9.17) is 9.15 Å². The van der Waals surface area contributed by atoms with Crippen LogP contribution in [0.15, 0.2) is 53.1 Å². The zero-order chi connectivity index (χ0) is 28.0. The summed E-state index contributed by atoms with van der Waals surface area (Å²) >= 11 is 0. The molecule has 13 heteroatoms. The van der Waals surface area contributed by atoms with Gasteiger partial charge in [0.25, 0.3) is 11.8 Å². The summed E-state index contributed by atoms with van der Waals surface area (Å²) in [5.41, 5.74) is -0.572. The molecule has 1 aliphatic heterocycles. The fraction of sp³-hybridized carbons (Fsp3) is 0.346. The van der Waals surface area contributed by atoms with Crippen molar-refractivity contribution in [2.24, 2.45) is 5.92 Å². The van der Waals surface area contributed by atoms with Crippen LogP contribution >= 0.6 is 0 Å². The summed E-state index contributed by atoms with van der Waals surface area (Å²) in [6.45, 7) is 1.01. The molecule has 0 bridgehead atoms. The molecule has 0 aromatic carbocycles. The highest BCUT2D eigenvalue weighted by Crippen LogP contribution is 2.27. The number of carbonyl (C=O) groups excluding carboxylic acids is 3. The summed E-state index contributed by atoms with van der Waals surface area (Å²) in [6.07, 6.45) is -1.92. The molecule has 4 rings (SSSR count). The highest BCUT2D eigenvalue weighted by Gasteiger charge is 2.33. The van der Waals surface area contributed by atoms with E-state index in [1.807, 2.05) is 0 Å². The van der Waals surface area contributed by atoms with E-state index in [1.165, 1.54) is 25.4 Å². The normalized spacial score (nSPS) is 14.9. The molecule has 3 aromatic heterocycles. The number of nitrogens with zero attached hydrogens (tertiary/aromatic N) is 2. The van der Waals surface area contributed by atoms with Crippen molar-refractivity contribution < 1.29 is 36.7 Å². The lowest BCUT2D eigenvalue weighted by molar-refractivity contribution is -0.141. The van der Waals surface area contributed by atoms with Gasteiger partial charge in [-0.25, -0.2) is 4.98 Å². The molecular formula is C26H26F3N5O5. The number of ether oxygens (including phenoxy) is 1. The van der Waals surface area contributed by atoms with Gasteiger partial charge in [0.1, 0.15) is 23.1 Å². The van der Waals surface area contributed by atoms with E-state index in [-0.39, 0.29) is 35.6 Å². The number of rotatable bonds is 8. The molecule has 1 fully saturated rings. The van der Waals surface area contributed by atoms with Crippen molar-refractivity contribution in [3.05, 3.63) is 71.4 Å². The van der Waals surface area contributed by atoms with Crippen molar-refractivity contribution in [1.82, 2.24) is 25.9 Å². The molecule has 0 radical (unpaired) electrons. The second-order valence-electron chi connectivity index (χ2n) is 8.82. The smallest absolute Gasteiger partial charge is 0.433 e. The van der Waals surface area contributed by atoms with E-state index in [0.717, 1.165) is 12.1 Å². The first-order chi connectivity index (χ1) is 18.7. The zero-order valence-electron chi connectivity index (χ0n) is 20.9. The molecule has 4 heterocycles. The summed E-state index contributed by atoms with van der Waals surface area (Å²) in [5.74, 6) is -1.45. The van der Waals surface area contributed by atoms with Gasteiger partial charge in [-0.3, -0.25) is 19.4 Å². The Morgan fingerprint density at radius 2 is 1.85 bits per heavy atom. The molecule has 206 valence electrons. The molecule has 0 saturated carbocycles. The van der Waals surface area contributed by atoms with Gasteiger partial charge in [-0.2, -0.15) is 13.2 Å². The Balaban J connectivity index is 1.41. The number of hydrogen-bond donors (Lipinski definition) is 3. The molecule has 3 N–H and O–H groups in total. The minimum absolute atomic E-state index is 0.0120. The molecule has 3 amide bonds. The second-order valence-corrected chi connectivity index (χ2v) is 8.82. The number of carbonyl (C=O) groups is 3. The summed E-state index contributed by atoms with van der Waals surface area (Å²) in [7, 11) is 1.50. The molecule has 1 saturated heterocycles. The Hall–Kier alpha value is -4.26. The molecular weight excluding hydrogens is 519 g/mol. The van der Waals surface area contributed by atoms with Crippen LogP contribution in [0.1, 0.15) is 45.1 Å². The van der Waals surface area contributed by atoms with Gasteiger partial charge >= 0.3 is 6.18 Å². The lowest BCUT2D eigenvalue weighted by Crippen LogP contribution is -2.51. The first-order valence-electron chi connectivity index (χ1n) is 12.1. The van der Waals surface area contributed by atoms with Gasteiger partial charge in [0, 0.05) is 33.0 Å². The van der Waals surface area contributed by atoms with E-state index in [2.05, 4.69) is 25.9 Å². The number of nitrogens with one attached hydrogen (secondary N) is 3. The van der Waals surface area contributed by atoms with Gasteiger partial charge < -0.3 is 25.1 Å². The first-order valence-corrected chi connectivity index (χ1v) is 12.1. The average molecular weight is 546 g/mol. The van der Waals surface area contributed by atoms with E-state index in [1.54, 1.807) is 18.2 Å². The third-order valence-corrected chi connectivity index (χ3v) is 6.18. The monoisotopic (exact) mass is 545 g/mol. The van der Waals surface area contributed by atoms with Gasteiger partial charge in [-0.05, 0) is 60.7 Å². The first kappa shape index (κ1) is 27.8. The lowest BCUT2D eigenvalue weighted by atomic mass is 9.91. The number of pyridine rings is 2. The molecule has 10 nitrogen and oxygen atoms in total. The van der Waals surface area contributed by atoms with Crippen molar-refractivity contribution in [3.63, 3.8) is 0 Å². The summed E-state index contributed by atoms with van der Waals surface area (Å²) in [6, 6.07) is 8.58. The van der Waals surface area contributed by atoms with Gasteiger partial charge in [-0.15, -0.1) is 0 Å². The van der Waals surface area contributed by atoms with Gasteiger partial charge in [-0.1, -0.05) is 6.07 Å². The molecule has 0 spiro atoms. The van der Waals surface area contributed by atoms with Crippen LogP contribution in [-0.4, -0.2) is 54.0 Å². The Morgan fingerprint density at radius 3 is 2.56 bits per heavy atom. The van der Waals surface area contributed by atoms with Crippen molar-refractivity contribution >= 4 is 17.7 Å². The Morgan fingerprint density at radius 1 is 1.08 bits per heavy atom. The number of amides is 3. The third kappa shape index (κ3) is 6.99. The maximum atomic E-state index is 12.9. The average Bonchev–Trinajstić information content (AvgIpc) is 3.45. The van der Waals surface area contributed by atoms with E-state index in [0.29, 0.717) is 37.3 Å².